The predicted octanol–water partition coefficient (Wildman–Crippen LogP) is 2.55. The minimum absolute atomic E-state index is 0. The van der Waals surface area contributed by atoms with Gasteiger partial charge in [0.15, 0.2) is 0 Å². The number of halogens is 3. The summed E-state index contributed by atoms with van der Waals surface area (Å²) >= 11 is 0. The third-order valence-corrected chi connectivity index (χ3v) is 2.27. The number of rotatable bonds is 4. The lowest BCUT2D eigenvalue weighted by Gasteiger charge is -2.18. The molecule has 1 rings (SSSR count). The van der Waals surface area contributed by atoms with Crippen molar-refractivity contribution in [2.24, 2.45) is 5.73 Å². The number of aliphatic hydroxyl groups excluding tert-OH is 1. The van der Waals surface area contributed by atoms with E-state index in [4.69, 9.17) is 5.73 Å². The van der Waals surface area contributed by atoms with E-state index < -0.39 is 23.8 Å². The lowest BCUT2D eigenvalue weighted by molar-refractivity contribution is 0.134. The monoisotopic (exact) mass is 251 g/mol. The Labute approximate surface area is 99.9 Å². The molecule has 16 heavy (non-hydrogen) atoms. The quantitative estimate of drug-likeness (QED) is 0.864. The fourth-order valence-electron chi connectivity index (χ4n) is 1.47. The van der Waals surface area contributed by atoms with Gasteiger partial charge in [-0.25, -0.2) is 8.78 Å². The van der Waals surface area contributed by atoms with E-state index >= 15 is 0 Å². The Morgan fingerprint density at radius 1 is 1.25 bits per heavy atom. The Morgan fingerprint density at radius 2 is 1.75 bits per heavy atom. The van der Waals surface area contributed by atoms with E-state index in [1.54, 1.807) is 0 Å². The molecule has 0 amide bonds. The van der Waals surface area contributed by atoms with Crippen molar-refractivity contribution < 1.29 is 13.9 Å². The molecule has 2 atom stereocenters. The summed E-state index contributed by atoms with van der Waals surface area (Å²) in [4.78, 5) is 0. The molecule has 0 radical (unpaired) electrons. The van der Waals surface area contributed by atoms with Crippen LogP contribution in [0.25, 0.3) is 0 Å². The van der Waals surface area contributed by atoms with Crippen LogP contribution in [0.15, 0.2) is 18.2 Å². The van der Waals surface area contributed by atoms with Gasteiger partial charge in [0.05, 0.1) is 12.1 Å². The molecule has 0 aliphatic carbocycles. The molecule has 0 fully saturated rings. The van der Waals surface area contributed by atoms with E-state index in [9.17, 15) is 13.9 Å². The zero-order valence-electron chi connectivity index (χ0n) is 8.99. The molecular formula is C11H16ClF2NO. The van der Waals surface area contributed by atoms with Gasteiger partial charge < -0.3 is 10.8 Å². The maximum atomic E-state index is 12.9. The molecule has 0 saturated heterocycles. The van der Waals surface area contributed by atoms with Crippen LogP contribution in [0.1, 0.15) is 31.4 Å². The summed E-state index contributed by atoms with van der Waals surface area (Å²) in [6.45, 7) is 1.90. The molecule has 1 aromatic rings. The van der Waals surface area contributed by atoms with E-state index in [0.29, 0.717) is 6.42 Å². The average molecular weight is 252 g/mol. The largest absolute Gasteiger partial charge is 0.391 e. The molecule has 3 N–H and O–H groups in total. The van der Waals surface area contributed by atoms with Gasteiger partial charge in [0.25, 0.3) is 0 Å². The van der Waals surface area contributed by atoms with Gasteiger partial charge in [-0.05, 0) is 24.1 Å². The van der Waals surface area contributed by atoms with Gasteiger partial charge in [-0.2, -0.15) is 0 Å². The van der Waals surface area contributed by atoms with Crippen LogP contribution in [-0.4, -0.2) is 11.2 Å². The Bertz CT molecular complexity index is 316. The Hall–Kier alpha value is -0.710. The van der Waals surface area contributed by atoms with Crippen LogP contribution >= 0.6 is 12.4 Å². The number of nitrogens with two attached hydrogens (primary N) is 1. The molecule has 5 heteroatoms. The fraction of sp³-hybridized carbons (Fsp3) is 0.455. The van der Waals surface area contributed by atoms with E-state index in [1.165, 1.54) is 0 Å². The first kappa shape index (κ1) is 15.3. The van der Waals surface area contributed by atoms with Crippen molar-refractivity contribution in [3.8, 4) is 0 Å². The maximum absolute atomic E-state index is 12.9. The Morgan fingerprint density at radius 3 is 2.19 bits per heavy atom. The minimum Gasteiger partial charge on any atom is -0.391 e. The van der Waals surface area contributed by atoms with E-state index in [2.05, 4.69) is 0 Å². The van der Waals surface area contributed by atoms with Crippen molar-refractivity contribution in [2.45, 2.75) is 31.9 Å². The molecule has 0 spiro atoms. The summed E-state index contributed by atoms with van der Waals surface area (Å²) in [6, 6.07) is 2.33. The first-order valence-electron chi connectivity index (χ1n) is 4.94. The van der Waals surface area contributed by atoms with Gasteiger partial charge in [0, 0.05) is 6.07 Å². The van der Waals surface area contributed by atoms with Gasteiger partial charge in [-0.3, -0.25) is 0 Å². The van der Waals surface area contributed by atoms with E-state index in [1.807, 2.05) is 6.92 Å². The highest BCUT2D eigenvalue weighted by Gasteiger charge is 2.17. The number of benzene rings is 1. The molecule has 0 saturated carbocycles. The second kappa shape index (κ2) is 6.78. The highest BCUT2D eigenvalue weighted by molar-refractivity contribution is 5.85. The van der Waals surface area contributed by atoms with Crippen LogP contribution in [-0.2, 0) is 0 Å². The molecule has 0 aliphatic heterocycles. The topological polar surface area (TPSA) is 46.2 Å². The summed E-state index contributed by atoms with van der Waals surface area (Å²) in [5, 5.41) is 9.58. The van der Waals surface area contributed by atoms with Crippen LogP contribution in [0, 0.1) is 11.6 Å². The second-order valence-electron chi connectivity index (χ2n) is 3.58. The van der Waals surface area contributed by atoms with Crippen molar-refractivity contribution in [1.82, 2.24) is 0 Å². The van der Waals surface area contributed by atoms with Crippen LogP contribution in [0.3, 0.4) is 0 Å². The standard InChI is InChI=1S/C11H15F2NO.ClH/c1-2-3-10(15)11(14)7-4-8(12)6-9(13)5-7;/h4-6,10-11,15H,2-3,14H2,1H3;1H/t10-,11+;/m1./s1. The minimum atomic E-state index is -0.767. The second-order valence-corrected chi connectivity index (χ2v) is 3.58. The first-order chi connectivity index (χ1) is 7.04. The molecular weight excluding hydrogens is 236 g/mol. The molecule has 0 heterocycles. The summed E-state index contributed by atoms with van der Waals surface area (Å²) in [7, 11) is 0. The molecule has 0 aliphatic rings. The van der Waals surface area contributed by atoms with Crippen molar-refractivity contribution in [2.75, 3.05) is 0 Å². The SMILES string of the molecule is CCC[C@@H](O)[C@@H](N)c1cc(F)cc(F)c1.Cl. The van der Waals surface area contributed by atoms with Gasteiger partial charge in [-0.1, -0.05) is 13.3 Å². The molecule has 0 bridgehead atoms. The molecule has 2 nitrogen and oxygen atoms in total. The molecule has 1 aromatic carbocycles. The van der Waals surface area contributed by atoms with Crippen molar-refractivity contribution in [1.29, 1.82) is 0 Å². The zero-order chi connectivity index (χ0) is 11.4. The van der Waals surface area contributed by atoms with Gasteiger partial charge in [0.2, 0.25) is 0 Å². The normalized spacial score (nSPS) is 14.1. The van der Waals surface area contributed by atoms with Crippen molar-refractivity contribution >= 4 is 12.4 Å². The zero-order valence-corrected chi connectivity index (χ0v) is 9.81. The highest BCUT2D eigenvalue weighted by Crippen LogP contribution is 2.19. The van der Waals surface area contributed by atoms with E-state index in [-0.39, 0.29) is 18.0 Å². The Balaban J connectivity index is 0.00000225. The number of aliphatic hydroxyl groups is 1. The third kappa shape index (κ3) is 4.04. The van der Waals surface area contributed by atoms with Gasteiger partial charge >= 0.3 is 0 Å². The summed E-state index contributed by atoms with van der Waals surface area (Å²) in [6.07, 6.45) is 0.516. The number of hydrogen-bond donors (Lipinski definition) is 2. The maximum Gasteiger partial charge on any atom is 0.126 e. The first-order valence-corrected chi connectivity index (χ1v) is 4.94. The van der Waals surface area contributed by atoms with Crippen LogP contribution in [0.5, 0.6) is 0 Å². The van der Waals surface area contributed by atoms with E-state index in [0.717, 1.165) is 24.6 Å². The van der Waals surface area contributed by atoms with Crippen molar-refractivity contribution in [3.05, 3.63) is 35.4 Å². The lowest BCUT2D eigenvalue weighted by atomic mass is 9.99. The average Bonchev–Trinajstić information content (AvgIpc) is 2.15. The lowest BCUT2D eigenvalue weighted by Crippen LogP contribution is -2.26. The fourth-order valence-corrected chi connectivity index (χ4v) is 1.47. The highest BCUT2D eigenvalue weighted by atomic mass is 35.5. The molecule has 0 aromatic heterocycles. The van der Waals surface area contributed by atoms with Crippen LogP contribution in [0.2, 0.25) is 0 Å². The van der Waals surface area contributed by atoms with Gasteiger partial charge in [0.1, 0.15) is 11.6 Å². The van der Waals surface area contributed by atoms with Crippen LogP contribution in [0.4, 0.5) is 8.78 Å². The number of hydrogen-bond acceptors (Lipinski definition) is 2. The summed E-state index contributed by atoms with van der Waals surface area (Å²) in [5.41, 5.74) is 5.96. The Kier molecular flexibility index (Phi) is 6.48. The molecule has 0 unspecified atom stereocenters. The third-order valence-electron chi connectivity index (χ3n) is 2.27. The van der Waals surface area contributed by atoms with Crippen LogP contribution < -0.4 is 5.73 Å². The van der Waals surface area contributed by atoms with Crippen molar-refractivity contribution in [3.63, 3.8) is 0 Å². The smallest absolute Gasteiger partial charge is 0.126 e. The predicted molar refractivity (Wildman–Crippen MR) is 61.4 cm³/mol. The molecule has 92 valence electrons. The summed E-state index contributed by atoms with van der Waals surface area (Å²) < 4.78 is 25.7. The summed E-state index contributed by atoms with van der Waals surface area (Å²) in [5.74, 6) is -1.35. The van der Waals surface area contributed by atoms with Gasteiger partial charge in [-0.15, -0.1) is 12.4 Å².